The predicted octanol–water partition coefficient (Wildman–Crippen LogP) is 1.50. The van der Waals surface area contributed by atoms with Crippen LogP contribution in [0.4, 0.5) is 0 Å². The highest BCUT2D eigenvalue weighted by Gasteiger charge is 2.34. The van der Waals surface area contributed by atoms with Crippen molar-refractivity contribution in [3.05, 3.63) is 22.8 Å². The molecule has 1 heterocycles. The zero-order valence-corrected chi connectivity index (χ0v) is 7.67. The zero-order chi connectivity index (χ0) is 8.55. The quantitative estimate of drug-likeness (QED) is 0.596. The number of H-pyrrole nitrogens is 1. The minimum Gasteiger partial charge on any atom is -0.361 e. The Balaban J connectivity index is 0.000000266. The molecule has 2 aliphatic carbocycles. The molecule has 1 nitrogen and oxygen atoms in total. The lowest BCUT2D eigenvalue weighted by molar-refractivity contribution is 1.05. The Labute approximate surface area is 74.3 Å². The summed E-state index contributed by atoms with van der Waals surface area (Å²) >= 11 is 0. The van der Waals surface area contributed by atoms with Gasteiger partial charge in [0.15, 0.2) is 0 Å². The molecule has 0 aliphatic heterocycles. The molecule has 0 bridgehead atoms. The molecule has 1 fully saturated rings. The number of fused-ring (bicyclic) bond motifs is 2. The second kappa shape index (κ2) is 2.81. The average Bonchev–Trinajstić information content (AvgIpc) is 2.72. The van der Waals surface area contributed by atoms with Gasteiger partial charge in [-0.15, -0.1) is 0 Å². The molecule has 1 N–H and O–H groups in total. The molecule has 0 radical (unpaired) electrons. The van der Waals surface area contributed by atoms with E-state index in [2.05, 4.69) is 23.2 Å². The molecule has 0 aromatic carbocycles. The smallest absolute Gasteiger partial charge is 0.0413 e. The van der Waals surface area contributed by atoms with E-state index in [1.807, 2.05) is 20.0 Å². The van der Waals surface area contributed by atoms with Crippen molar-refractivity contribution in [1.82, 2.24) is 4.98 Å². The van der Waals surface area contributed by atoms with Gasteiger partial charge in [-0.05, 0) is 29.5 Å². The predicted molar refractivity (Wildman–Crippen MR) is 54.0 cm³/mol. The lowest BCUT2D eigenvalue weighted by atomic mass is 10.2. The highest BCUT2D eigenvalue weighted by Crippen LogP contribution is 2.41. The number of hydrogen-bond acceptors (Lipinski definition) is 0. The first-order chi connectivity index (χ1) is 5.93. The Kier molecular flexibility index (Phi) is 1.80. The lowest BCUT2D eigenvalue weighted by Crippen LogP contribution is -2.24. The Morgan fingerprint density at radius 3 is 2.92 bits per heavy atom. The lowest BCUT2D eigenvalue weighted by Gasteiger charge is -1.90. The van der Waals surface area contributed by atoms with Crippen LogP contribution in [0.2, 0.25) is 0 Å². The summed E-state index contributed by atoms with van der Waals surface area (Å²) in [6.07, 6.45) is 8.14. The van der Waals surface area contributed by atoms with Crippen molar-refractivity contribution in [1.29, 1.82) is 0 Å². The molecule has 2 atom stereocenters. The first kappa shape index (κ1) is 7.66. The van der Waals surface area contributed by atoms with E-state index in [-0.39, 0.29) is 1.43 Å². The van der Waals surface area contributed by atoms with Crippen LogP contribution in [0.25, 0.3) is 12.2 Å². The van der Waals surface area contributed by atoms with Gasteiger partial charge in [-0.2, -0.15) is 0 Å². The maximum absolute atomic E-state index is 3.23. The third-order valence-corrected chi connectivity index (χ3v) is 2.48. The van der Waals surface area contributed by atoms with Crippen molar-refractivity contribution in [3.8, 4) is 0 Å². The molecular formula is C11H17N. The highest BCUT2D eigenvalue weighted by molar-refractivity contribution is 5.47. The van der Waals surface area contributed by atoms with Crippen LogP contribution in [-0.2, 0) is 0 Å². The highest BCUT2D eigenvalue weighted by atomic mass is 14.7. The second-order valence-electron chi connectivity index (χ2n) is 3.24. The van der Waals surface area contributed by atoms with Gasteiger partial charge in [0.2, 0.25) is 0 Å². The van der Waals surface area contributed by atoms with E-state index in [1.54, 1.807) is 0 Å². The van der Waals surface area contributed by atoms with Gasteiger partial charge in [0.1, 0.15) is 0 Å². The van der Waals surface area contributed by atoms with Gasteiger partial charge >= 0.3 is 0 Å². The summed E-state index contributed by atoms with van der Waals surface area (Å²) in [4.78, 5) is 3.23. The number of hydrogen-bond donors (Lipinski definition) is 1. The van der Waals surface area contributed by atoms with E-state index in [0.29, 0.717) is 0 Å². The Hall–Kier alpha value is -0.980. The molecule has 2 unspecified atom stereocenters. The van der Waals surface area contributed by atoms with Crippen LogP contribution < -0.4 is 10.6 Å². The summed E-state index contributed by atoms with van der Waals surface area (Å²) in [6, 6.07) is 2.15. The molecule has 1 saturated carbocycles. The van der Waals surface area contributed by atoms with Gasteiger partial charge in [0.25, 0.3) is 0 Å². The third kappa shape index (κ3) is 1.09. The summed E-state index contributed by atoms with van der Waals surface area (Å²) in [5.41, 5.74) is 0. The van der Waals surface area contributed by atoms with Gasteiger partial charge in [0.05, 0.1) is 0 Å². The summed E-state index contributed by atoms with van der Waals surface area (Å²) in [5, 5.41) is 2.73. The van der Waals surface area contributed by atoms with Gasteiger partial charge in [0, 0.05) is 13.0 Å². The van der Waals surface area contributed by atoms with E-state index in [4.69, 9.17) is 0 Å². The number of aromatic nitrogens is 1. The standard InChI is InChI=1S/C9H9N.C2H6.H2/c1-2-10-9-5-8-4-7(8)3-6(1)9;1-2;/h1-3,5,7-8,10H,4H2;1-2H3;1H. The number of rotatable bonds is 0. The number of aromatic amines is 1. The molecular weight excluding hydrogens is 146 g/mol. The average molecular weight is 163 g/mol. The fourth-order valence-corrected chi connectivity index (χ4v) is 1.75. The Morgan fingerprint density at radius 2 is 2.08 bits per heavy atom. The molecule has 1 heteroatoms. The molecule has 1 aromatic heterocycles. The number of nitrogens with one attached hydrogen (secondary N) is 1. The van der Waals surface area contributed by atoms with E-state index >= 15 is 0 Å². The summed E-state index contributed by atoms with van der Waals surface area (Å²) < 4.78 is 0. The largest absolute Gasteiger partial charge is 0.361 e. The fourth-order valence-electron chi connectivity index (χ4n) is 1.75. The van der Waals surface area contributed by atoms with Crippen molar-refractivity contribution in [2.45, 2.75) is 20.3 Å². The van der Waals surface area contributed by atoms with Crippen molar-refractivity contribution in [2.24, 2.45) is 11.8 Å². The summed E-state index contributed by atoms with van der Waals surface area (Å²) in [5.74, 6) is 1.74. The molecule has 12 heavy (non-hydrogen) atoms. The van der Waals surface area contributed by atoms with Crippen LogP contribution in [0.5, 0.6) is 0 Å². The molecule has 1 aromatic rings. The van der Waals surface area contributed by atoms with Crippen molar-refractivity contribution in [3.63, 3.8) is 0 Å². The van der Waals surface area contributed by atoms with E-state index < -0.39 is 0 Å². The minimum atomic E-state index is 0. The van der Waals surface area contributed by atoms with E-state index in [1.165, 1.54) is 17.0 Å². The van der Waals surface area contributed by atoms with Crippen LogP contribution >= 0.6 is 0 Å². The minimum absolute atomic E-state index is 0. The second-order valence-corrected chi connectivity index (χ2v) is 3.24. The maximum Gasteiger partial charge on any atom is 0.0413 e. The van der Waals surface area contributed by atoms with Gasteiger partial charge in [-0.3, -0.25) is 0 Å². The Bertz CT molecular complexity index is 343. The topological polar surface area (TPSA) is 15.8 Å². The monoisotopic (exact) mass is 163 g/mol. The van der Waals surface area contributed by atoms with E-state index in [0.717, 1.165) is 11.8 Å². The van der Waals surface area contributed by atoms with Crippen LogP contribution in [0.1, 0.15) is 21.7 Å². The SMILES string of the molecule is C1=c2cc[nH]c2=CC2CC12.CC.[HH]. The maximum atomic E-state index is 3.23. The Morgan fingerprint density at radius 1 is 1.33 bits per heavy atom. The van der Waals surface area contributed by atoms with Crippen molar-refractivity contribution >= 4 is 12.2 Å². The van der Waals surface area contributed by atoms with E-state index in [9.17, 15) is 0 Å². The zero-order valence-electron chi connectivity index (χ0n) is 7.67. The first-order valence-corrected chi connectivity index (χ1v) is 4.80. The molecule has 0 saturated heterocycles. The molecule has 3 rings (SSSR count). The molecule has 66 valence electrons. The van der Waals surface area contributed by atoms with Gasteiger partial charge < -0.3 is 4.98 Å². The molecule has 0 amide bonds. The third-order valence-electron chi connectivity index (χ3n) is 2.48. The van der Waals surface area contributed by atoms with Gasteiger partial charge in [-0.1, -0.05) is 26.0 Å². The van der Waals surface area contributed by atoms with Crippen LogP contribution in [0, 0.1) is 11.8 Å². The molecule has 2 aliphatic rings. The van der Waals surface area contributed by atoms with Crippen molar-refractivity contribution in [2.75, 3.05) is 0 Å². The molecule has 0 spiro atoms. The summed E-state index contributed by atoms with van der Waals surface area (Å²) in [6.45, 7) is 4.00. The van der Waals surface area contributed by atoms with Crippen LogP contribution in [0.3, 0.4) is 0 Å². The normalized spacial score (nSPS) is 28.2. The van der Waals surface area contributed by atoms with Crippen molar-refractivity contribution < 1.29 is 1.43 Å². The first-order valence-electron chi connectivity index (χ1n) is 4.80. The van der Waals surface area contributed by atoms with Crippen LogP contribution in [0.15, 0.2) is 12.3 Å². The van der Waals surface area contributed by atoms with Crippen LogP contribution in [-0.4, -0.2) is 4.98 Å². The van der Waals surface area contributed by atoms with Gasteiger partial charge in [-0.25, -0.2) is 0 Å². The summed E-state index contributed by atoms with van der Waals surface area (Å²) in [7, 11) is 0. The fraction of sp³-hybridized carbons (Fsp3) is 0.455.